The normalized spacial score (nSPS) is 25.6. The van der Waals surface area contributed by atoms with Gasteiger partial charge < -0.3 is 24.8 Å². The fourth-order valence-electron chi connectivity index (χ4n) is 11.6. The Balaban J connectivity index is 1.63. The van der Waals surface area contributed by atoms with E-state index in [1.807, 2.05) is 33.8 Å². The summed E-state index contributed by atoms with van der Waals surface area (Å²) >= 11 is 0. The Morgan fingerprint density at radius 1 is 0.785 bits per heavy atom. The molecule has 2 saturated heterocycles. The molecule has 1 aromatic carbocycles. The molecule has 0 bridgehead atoms. The molecule has 0 spiro atoms. The van der Waals surface area contributed by atoms with Gasteiger partial charge in [0.15, 0.2) is 0 Å². The van der Waals surface area contributed by atoms with Crippen LogP contribution in [0.25, 0.3) is 0 Å². The fourth-order valence-corrected chi connectivity index (χ4v) is 11.6. The lowest BCUT2D eigenvalue weighted by Gasteiger charge is -2.47. The number of aromatic hydroxyl groups is 1. The largest absolute Gasteiger partial charge is 0.507 e. The first kappa shape index (κ1) is 57.8. The molecule has 10 atom stereocenters. The fraction of sp³-hybridized carbons (Fsp3) is 0.879. The number of benzene rings is 1. The lowest BCUT2D eigenvalue weighted by Crippen LogP contribution is -2.55. The molecule has 0 aliphatic carbocycles. The van der Waals surface area contributed by atoms with Gasteiger partial charge in [0.25, 0.3) is 0 Å². The smallest absolute Gasteiger partial charge is 0.143 e. The third-order valence-corrected chi connectivity index (χ3v) is 16.6. The van der Waals surface area contributed by atoms with Gasteiger partial charge in [-0.1, -0.05) is 183 Å². The van der Waals surface area contributed by atoms with Crippen molar-refractivity contribution in [2.75, 3.05) is 13.1 Å². The van der Waals surface area contributed by atoms with Crippen molar-refractivity contribution in [1.82, 2.24) is 4.90 Å². The summed E-state index contributed by atoms with van der Waals surface area (Å²) in [6.45, 7) is 23.9. The van der Waals surface area contributed by atoms with E-state index >= 15 is 0 Å². The second-order valence-electron chi connectivity index (χ2n) is 21.7. The summed E-state index contributed by atoms with van der Waals surface area (Å²) in [5.74, 6) is -0.221. The summed E-state index contributed by atoms with van der Waals surface area (Å²) in [7, 11) is 0. The molecule has 65 heavy (non-hydrogen) atoms. The van der Waals surface area contributed by atoms with E-state index in [2.05, 4.69) is 52.5 Å². The minimum absolute atomic E-state index is 0.0942. The molecule has 2 fully saturated rings. The van der Waals surface area contributed by atoms with Crippen molar-refractivity contribution in [1.29, 1.82) is 0 Å². The van der Waals surface area contributed by atoms with Crippen LogP contribution in [0.3, 0.4) is 0 Å². The van der Waals surface area contributed by atoms with Crippen molar-refractivity contribution in [3.05, 3.63) is 28.8 Å². The second-order valence-corrected chi connectivity index (χ2v) is 21.7. The number of carbonyl (C=O) groups excluding carboxylic acids is 1. The maximum absolute atomic E-state index is 14.4. The molecule has 2 aliphatic heterocycles. The first-order valence-corrected chi connectivity index (χ1v) is 28.0. The predicted octanol–water partition coefficient (Wildman–Crippen LogP) is 14.8. The van der Waals surface area contributed by atoms with Crippen LogP contribution in [-0.2, 0) is 27.2 Å². The van der Waals surface area contributed by atoms with Crippen LogP contribution in [0.4, 0.5) is 0 Å². The van der Waals surface area contributed by atoms with Crippen LogP contribution in [0.2, 0.25) is 0 Å². The maximum atomic E-state index is 14.4. The molecule has 0 aromatic heterocycles. The van der Waals surface area contributed by atoms with Crippen LogP contribution in [0.5, 0.6) is 5.75 Å². The van der Waals surface area contributed by atoms with Crippen molar-refractivity contribution >= 4 is 5.78 Å². The Morgan fingerprint density at radius 3 is 1.78 bits per heavy atom. The molecule has 0 radical (unpaired) electrons. The van der Waals surface area contributed by atoms with Gasteiger partial charge in [0.05, 0.1) is 35.6 Å². The van der Waals surface area contributed by atoms with Crippen molar-refractivity contribution in [3.63, 3.8) is 0 Å². The Hall–Kier alpha value is -1.51. The highest BCUT2D eigenvalue weighted by atomic mass is 16.6. The summed E-state index contributed by atoms with van der Waals surface area (Å²) in [6, 6.07) is 4.24. The summed E-state index contributed by atoms with van der Waals surface area (Å²) in [5.41, 5.74) is 1.84. The quantitative estimate of drug-likeness (QED) is 0.0577. The molecule has 2 aliphatic rings. The molecule has 7 nitrogen and oxygen atoms in total. The first-order chi connectivity index (χ1) is 31.2. The van der Waals surface area contributed by atoms with Crippen molar-refractivity contribution < 1.29 is 29.6 Å². The minimum Gasteiger partial charge on any atom is -0.507 e. The van der Waals surface area contributed by atoms with E-state index in [1.54, 1.807) is 0 Å². The van der Waals surface area contributed by atoms with Gasteiger partial charge >= 0.3 is 0 Å². The van der Waals surface area contributed by atoms with E-state index < -0.39 is 23.2 Å². The molecule has 3 rings (SSSR count). The maximum Gasteiger partial charge on any atom is 0.143 e. The number of phenols is 1. The number of Topliss-reactive ketones (excluding diaryl/α,β-unsaturated/α-hetero) is 1. The zero-order chi connectivity index (χ0) is 47.8. The van der Waals surface area contributed by atoms with Crippen LogP contribution in [0, 0.1) is 30.6 Å². The number of hydrogen-bond acceptors (Lipinski definition) is 7. The van der Waals surface area contributed by atoms with E-state index in [0.29, 0.717) is 25.0 Å². The van der Waals surface area contributed by atoms with Gasteiger partial charge in [0, 0.05) is 23.9 Å². The molecule has 3 N–H and O–H groups in total. The number of aryl methyl sites for hydroxylation is 2. The summed E-state index contributed by atoms with van der Waals surface area (Å²) in [4.78, 5) is 17.0. The number of ketones is 1. The Morgan fingerprint density at radius 2 is 1.31 bits per heavy atom. The van der Waals surface area contributed by atoms with E-state index in [4.69, 9.17) is 9.47 Å². The molecule has 0 saturated carbocycles. The molecule has 1 aromatic rings. The van der Waals surface area contributed by atoms with Crippen LogP contribution in [0.15, 0.2) is 12.1 Å². The number of rotatable bonds is 36. The lowest BCUT2D eigenvalue weighted by molar-refractivity contribution is -0.229. The van der Waals surface area contributed by atoms with Crippen molar-refractivity contribution in [2.45, 2.75) is 291 Å². The van der Waals surface area contributed by atoms with Gasteiger partial charge in [-0.15, -0.1) is 0 Å². The molecular formula is C58H105NO6. The number of aliphatic hydroxyl groups is 2. The third-order valence-electron chi connectivity index (χ3n) is 16.6. The molecule has 7 heteroatoms. The first-order valence-electron chi connectivity index (χ1n) is 28.0. The minimum atomic E-state index is -0.806. The van der Waals surface area contributed by atoms with E-state index in [-0.39, 0.29) is 41.8 Å². The highest BCUT2D eigenvalue weighted by Gasteiger charge is 2.55. The molecule has 0 amide bonds. The Bertz CT molecular complexity index is 1410. The van der Waals surface area contributed by atoms with Gasteiger partial charge in [0.1, 0.15) is 11.5 Å². The van der Waals surface area contributed by atoms with Crippen LogP contribution >= 0.6 is 0 Å². The number of ether oxygens (including phenoxy) is 2. The van der Waals surface area contributed by atoms with Crippen molar-refractivity contribution in [2.24, 2.45) is 23.7 Å². The van der Waals surface area contributed by atoms with Gasteiger partial charge in [-0.05, 0) is 114 Å². The Labute approximate surface area is 401 Å². The van der Waals surface area contributed by atoms with E-state index in [1.165, 1.54) is 128 Å². The van der Waals surface area contributed by atoms with Gasteiger partial charge in [-0.3, -0.25) is 9.69 Å². The number of unbranched alkanes of at least 4 members (excludes halogenated alkanes) is 18. The molecule has 378 valence electrons. The Kier molecular flexibility index (Phi) is 27.5. The van der Waals surface area contributed by atoms with Crippen molar-refractivity contribution in [3.8, 4) is 5.75 Å². The second kappa shape index (κ2) is 30.9. The van der Waals surface area contributed by atoms with Gasteiger partial charge in [0.2, 0.25) is 0 Å². The number of phenolic OH excluding ortho intramolecular Hbond substituents is 1. The van der Waals surface area contributed by atoms with Gasteiger partial charge in [-0.2, -0.15) is 0 Å². The number of nitrogens with zero attached hydrogens (tertiary/aromatic N) is 1. The van der Waals surface area contributed by atoms with Crippen LogP contribution in [-0.4, -0.2) is 74.7 Å². The summed E-state index contributed by atoms with van der Waals surface area (Å²) in [6.07, 6.45) is 31.1. The predicted molar refractivity (Wildman–Crippen MR) is 274 cm³/mol. The highest BCUT2D eigenvalue weighted by molar-refractivity contribution is 5.84. The SMILES string of the molecule is CCCCCCCCCCCCN(CCCCCCCCCCCC)Cc1c(CC[C@@H](C)[C@H](O)[C@H](C)C(=O)[C@H](CC)[C@H]2O[C@](CC)([C@H]3CC[C@](O)(CC)[C@H](C)O3)C[C@@H]2C)ccc(C)c1O. The third kappa shape index (κ3) is 18.1. The van der Waals surface area contributed by atoms with Gasteiger partial charge in [-0.25, -0.2) is 0 Å². The molecule has 0 unspecified atom stereocenters. The van der Waals surface area contributed by atoms with Crippen LogP contribution < -0.4 is 0 Å². The summed E-state index contributed by atoms with van der Waals surface area (Å²) in [5, 5.41) is 34.5. The lowest BCUT2D eigenvalue weighted by atomic mass is 9.76. The average molecular weight is 912 g/mol. The standard InChI is InChI=1S/C58H105NO6/c1-11-16-18-20-22-24-26-28-30-32-40-59(41-33-31-29-27-25-23-21-19-17-12-2)43-51-49(37-35-45(7)54(51)61)36-34-44(6)53(60)47(9)55(62)50(13-3)56-46(8)42-58(15-5,65-56)52-38-39-57(63,14-4)48(10)64-52/h35,37,44,46-48,50,52-53,56,60-61,63H,11-34,36,38-43H2,1-10H3/t44-,46+,47+,48+,50+,52-,53+,56+,57-,58+/m1/s1. The monoisotopic (exact) mass is 912 g/mol. The van der Waals surface area contributed by atoms with E-state index in [9.17, 15) is 20.1 Å². The van der Waals surface area contributed by atoms with Crippen LogP contribution in [0.1, 0.15) is 252 Å². The number of hydrogen-bond donors (Lipinski definition) is 3. The molecular weight excluding hydrogens is 807 g/mol. The average Bonchev–Trinajstić information content (AvgIpc) is 3.65. The highest BCUT2D eigenvalue weighted by Crippen LogP contribution is 2.48. The molecule has 2 heterocycles. The van der Waals surface area contributed by atoms with E-state index in [0.717, 1.165) is 68.4 Å². The summed E-state index contributed by atoms with van der Waals surface area (Å²) < 4.78 is 13.6. The topological polar surface area (TPSA) is 99.5 Å². The zero-order valence-electron chi connectivity index (χ0n) is 44.2. The number of carbonyl (C=O) groups is 1. The number of aliphatic hydroxyl groups excluding tert-OH is 1. The zero-order valence-corrected chi connectivity index (χ0v) is 44.2.